The number of aliphatic hydroxyl groups excluding tert-OH is 1. The molecule has 4 aliphatic carbocycles. The average molecular weight is 855 g/mol. The number of amides is 1. The summed E-state index contributed by atoms with van der Waals surface area (Å²) in [7, 11) is 0. The number of ether oxygens (including phenoxy) is 4. The molecule has 5 fully saturated rings. The number of aliphatic carboxylic acids is 1. The van der Waals surface area contributed by atoms with Gasteiger partial charge in [-0.15, -0.1) is 8.67 Å². The topological polar surface area (TPSA) is 280 Å². The standard InChI is InChI=1S/C35H54N2O18S2/c1-17(2)11-27(40)49-30-29(51-57-55-53-45)28(50-56-54-52-44)23(15-46-26(39)8-7-25(38)37-16-36)48-33(30)47-20-12-21(32(42)43)22-9-10-35-13-19(18(3)31(35)41)5-6-24(35)34(22,4)14-20/h17,19-24,28-31,33,41,44-45H,3,5-16,36H2,1-2,4H3,(H,37,38)(H,42,43)/t19?,20?,21?,22?,23-,24?,28-,29-,30?,31+,33+,34?,35?/m1/s1. The number of esters is 2. The van der Waals surface area contributed by atoms with E-state index in [-0.39, 0.29) is 80.7 Å². The average Bonchev–Trinajstić information content (AvgIpc) is 3.33. The number of carboxylic acid groups (broad SMARTS) is 1. The number of nitrogens with two attached hydrogens (primary N) is 1. The zero-order chi connectivity index (χ0) is 41.5. The number of hydrogen-bond donors (Lipinski definition) is 6. The highest BCUT2D eigenvalue weighted by atomic mass is 32.2. The molecule has 7 N–H and O–H groups in total. The van der Waals surface area contributed by atoms with Crippen LogP contribution in [0.3, 0.4) is 0 Å². The molecular weight excluding hydrogens is 801 g/mol. The van der Waals surface area contributed by atoms with E-state index in [9.17, 15) is 29.4 Å². The van der Waals surface area contributed by atoms with Gasteiger partial charge in [-0.05, 0) is 79.6 Å². The lowest BCUT2D eigenvalue weighted by Gasteiger charge is -2.62. The summed E-state index contributed by atoms with van der Waals surface area (Å²) in [5.74, 6) is -3.92. The Hall–Kier alpha value is -2.16. The Balaban J connectivity index is 1.47. The number of rotatable bonds is 20. The smallest absolute Gasteiger partial charge is 0.306 e. The van der Waals surface area contributed by atoms with Gasteiger partial charge < -0.3 is 40.2 Å². The Morgan fingerprint density at radius 3 is 2.35 bits per heavy atom. The molecule has 57 heavy (non-hydrogen) atoms. The van der Waals surface area contributed by atoms with E-state index in [1.165, 1.54) is 0 Å². The molecule has 324 valence electrons. The molecule has 1 aliphatic heterocycles. The minimum absolute atomic E-state index is 0.0276. The second-order valence-electron chi connectivity index (χ2n) is 16.2. The normalized spacial score (nSPS) is 37.3. The van der Waals surface area contributed by atoms with Crippen LogP contribution >= 0.6 is 24.6 Å². The molecule has 0 radical (unpaired) electrons. The number of carbonyl (C=O) groups excluding carboxylic acids is 3. The van der Waals surface area contributed by atoms with E-state index in [2.05, 4.69) is 37.6 Å². The summed E-state index contributed by atoms with van der Waals surface area (Å²) in [4.78, 5) is 51.0. The van der Waals surface area contributed by atoms with Crippen molar-refractivity contribution in [2.45, 2.75) is 128 Å². The van der Waals surface area contributed by atoms with E-state index in [1.54, 1.807) is 13.8 Å². The fourth-order valence-corrected chi connectivity index (χ4v) is 11.1. The Morgan fingerprint density at radius 1 is 1.00 bits per heavy atom. The van der Waals surface area contributed by atoms with Gasteiger partial charge in [0, 0.05) is 18.3 Å². The summed E-state index contributed by atoms with van der Waals surface area (Å²) in [5.41, 5.74) is 5.15. The van der Waals surface area contributed by atoms with E-state index in [0.717, 1.165) is 24.8 Å². The fourth-order valence-electron chi connectivity index (χ4n) is 10.3. The highest BCUT2D eigenvalue weighted by Gasteiger charge is 2.67. The third kappa shape index (κ3) is 10.4. The van der Waals surface area contributed by atoms with Crippen molar-refractivity contribution in [2.75, 3.05) is 13.3 Å². The van der Waals surface area contributed by atoms with Gasteiger partial charge in [-0.3, -0.25) is 27.5 Å². The number of carboxylic acids is 1. The van der Waals surface area contributed by atoms with Crippen molar-refractivity contribution >= 4 is 48.5 Å². The maximum Gasteiger partial charge on any atom is 0.306 e. The third-order valence-corrected chi connectivity index (χ3v) is 13.4. The van der Waals surface area contributed by atoms with E-state index >= 15 is 0 Å². The lowest BCUT2D eigenvalue weighted by atomic mass is 9.43. The van der Waals surface area contributed by atoms with Gasteiger partial charge in [-0.2, -0.15) is 0 Å². The van der Waals surface area contributed by atoms with Crippen molar-refractivity contribution < 1.29 is 86.0 Å². The van der Waals surface area contributed by atoms with Gasteiger partial charge in [0.05, 0.1) is 31.2 Å². The summed E-state index contributed by atoms with van der Waals surface area (Å²) in [6.07, 6.45) is -5.04. The Kier molecular flexibility index (Phi) is 16.4. The second-order valence-corrected chi connectivity index (χ2v) is 17.1. The van der Waals surface area contributed by atoms with Gasteiger partial charge in [0.25, 0.3) is 0 Å². The number of aliphatic hydroxyl groups is 1. The van der Waals surface area contributed by atoms with Crippen molar-refractivity contribution in [1.29, 1.82) is 0 Å². The lowest BCUT2D eigenvalue weighted by molar-refractivity contribution is -0.436. The molecule has 0 aromatic carbocycles. The first-order chi connectivity index (χ1) is 27.2. The number of fused-ring (bicyclic) bond motifs is 3. The zero-order valence-corrected chi connectivity index (χ0v) is 33.7. The van der Waals surface area contributed by atoms with Gasteiger partial charge in [0.1, 0.15) is 24.9 Å². The molecule has 13 atom stereocenters. The van der Waals surface area contributed by atoms with Gasteiger partial charge >= 0.3 is 17.9 Å². The molecular formula is C35H54N2O18S2. The molecule has 1 spiro atoms. The van der Waals surface area contributed by atoms with Crippen molar-refractivity contribution in [3.05, 3.63) is 12.2 Å². The summed E-state index contributed by atoms with van der Waals surface area (Å²) >= 11 is 0.238. The van der Waals surface area contributed by atoms with E-state index in [4.69, 9.17) is 43.6 Å². The monoisotopic (exact) mass is 854 g/mol. The summed E-state index contributed by atoms with van der Waals surface area (Å²) < 4.78 is 44.8. The Labute approximate surface area is 338 Å². The minimum Gasteiger partial charge on any atom is -0.481 e. The van der Waals surface area contributed by atoms with Crippen LogP contribution in [0.4, 0.5) is 0 Å². The van der Waals surface area contributed by atoms with Crippen LogP contribution in [0.5, 0.6) is 0 Å². The van der Waals surface area contributed by atoms with Crippen LogP contribution in [0.15, 0.2) is 12.2 Å². The van der Waals surface area contributed by atoms with Crippen LogP contribution in [0.25, 0.3) is 0 Å². The maximum absolute atomic E-state index is 13.3. The lowest BCUT2D eigenvalue weighted by Crippen LogP contribution is -2.63. The molecule has 0 aromatic heterocycles. The van der Waals surface area contributed by atoms with Gasteiger partial charge in [0.15, 0.2) is 37.0 Å². The van der Waals surface area contributed by atoms with Crippen LogP contribution in [0, 0.1) is 40.4 Å². The van der Waals surface area contributed by atoms with Crippen LogP contribution in [0.1, 0.15) is 85.0 Å². The molecule has 0 aromatic rings. The molecule has 1 saturated heterocycles. The molecule has 20 nitrogen and oxygen atoms in total. The van der Waals surface area contributed by atoms with Crippen LogP contribution < -0.4 is 11.1 Å². The first-order valence-corrected chi connectivity index (χ1v) is 20.3. The quantitative estimate of drug-likeness (QED) is 0.0150. The summed E-state index contributed by atoms with van der Waals surface area (Å²) in [6.45, 7) is 9.24. The molecule has 1 amide bonds. The molecule has 22 heteroatoms. The SMILES string of the molecule is C=C1C2CCC3C4(C)CC(O[C@H]5O[C@H](COC(=O)CCC(=O)NCN)[C@@H](OSOOO)[C@@H](OSOOO)C5OC(=O)CC(C)C)CC(C(=O)O)C4CCC3(C2)[C@H]1O. The molecule has 1 heterocycles. The van der Waals surface area contributed by atoms with Crippen LogP contribution in [0.2, 0.25) is 0 Å². The predicted molar refractivity (Wildman–Crippen MR) is 194 cm³/mol. The third-order valence-electron chi connectivity index (χ3n) is 12.5. The first kappa shape index (κ1) is 45.9. The van der Waals surface area contributed by atoms with Crippen molar-refractivity contribution in [3.63, 3.8) is 0 Å². The molecule has 8 unspecified atom stereocenters. The maximum atomic E-state index is 13.3. The van der Waals surface area contributed by atoms with Crippen molar-refractivity contribution in [1.82, 2.24) is 5.32 Å². The molecule has 4 saturated carbocycles. The Morgan fingerprint density at radius 2 is 1.70 bits per heavy atom. The fraction of sp³-hybridized carbons (Fsp3) is 0.829. The van der Waals surface area contributed by atoms with Crippen molar-refractivity contribution in [2.24, 2.45) is 46.2 Å². The largest absolute Gasteiger partial charge is 0.481 e. The Bertz CT molecular complexity index is 1430. The van der Waals surface area contributed by atoms with E-state index in [0.29, 0.717) is 19.3 Å². The second kappa shape index (κ2) is 20.4. The number of carbonyl (C=O) groups is 4. The van der Waals surface area contributed by atoms with Gasteiger partial charge in [-0.1, -0.05) is 37.4 Å². The molecule has 2 bridgehead atoms. The first-order valence-electron chi connectivity index (χ1n) is 19.0. The highest BCUT2D eigenvalue weighted by Crippen LogP contribution is 2.70. The predicted octanol–water partition coefficient (Wildman–Crippen LogP) is 3.39. The minimum atomic E-state index is -1.51. The summed E-state index contributed by atoms with van der Waals surface area (Å²) in [6, 6.07) is 0. The van der Waals surface area contributed by atoms with E-state index < -0.39 is 90.1 Å². The molecule has 5 rings (SSSR count). The summed E-state index contributed by atoms with van der Waals surface area (Å²) in [5, 5.41) is 49.6. The van der Waals surface area contributed by atoms with Gasteiger partial charge in [-0.25, -0.2) is 10.5 Å². The van der Waals surface area contributed by atoms with Crippen LogP contribution in [-0.4, -0.2) is 101 Å². The van der Waals surface area contributed by atoms with Gasteiger partial charge in [0.2, 0.25) is 5.91 Å². The zero-order valence-electron chi connectivity index (χ0n) is 32.0. The molecule has 5 aliphatic rings. The van der Waals surface area contributed by atoms with Crippen molar-refractivity contribution in [3.8, 4) is 0 Å². The highest BCUT2D eigenvalue weighted by molar-refractivity contribution is 7.90. The van der Waals surface area contributed by atoms with Crippen LogP contribution in [-0.2, 0) is 65.2 Å². The van der Waals surface area contributed by atoms with E-state index in [1.807, 2.05) is 0 Å². The number of hydrogen-bond acceptors (Lipinski definition) is 20. The number of nitrogens with one attached hydrogen (secondary N) is 1.